The van der Waals surface area contributed by atoms with Crippen molar-refractivity contribution < 1.29 is 5.11 Å². The Balaban J connectivity index is 2.86. The first-order valence-electron chi connectivity index (χ1n) is 4.23. The predicted molar refractivity (Wildman–Crippen MR) is 55.4 cm³/mol. The number of rotatable bonds is 3. The molecular weight excluding hydrogens is 180 g/mol. The fraction of sp³-hybridized carbons (Fsp3) is 0.333. The summed E-state index contributed by atoms with van der Waals surface area (Å²) in [6, 6.07) is 0. The highest BCUT2D eigenvalue weighted by Gasteiger charge is 2.06. The molecule has 0 spiro atoms. The Morgan fingerprint density at radius 3 is 2.64 bits per heavy atom. The van der Waals surface area contributed by atoms with Gasteiger partial charge in [-0.1, -0.05) is 0 Å². The topological polar surface area (TPSA) is 87.9 Å². The summed E-state index contributed by atoms with van der Waals surface area (Å²) < 4.78 is 1.59. The number of aromatic nitrogens is 2. The van der Waals surface area contributed by atoms with Gasteiger partial charge in [0.05, 0.1) is 24.2 Å². The average molecular weight is 194 g/mol. The summed E-state index contributed by atoms with van der Waals surface area (Å²) in [4.78, 5) is 0. The van der Waals surface area contributed by atoms with Crippen molar-refractivity contribution in [1.82, 2.24) is 9.78 Å². The van der Waals surface area contributed by atoms with Crippen LogP contribution in [-0.4, -0.2) is 20.6 Å². The number of nitrogens with one attached hydrogen (secondary N) is 1. The molecule has 0 amide bonds. The van der Waals surface area contributed by atoms with Crippen LogP contribution >= 0.6 is 0 Å². The van der Waals surface area contributed by atoms with Crippen LogP contribution in [0.1, 0.15) is 13.8 Å². The zero-order valence-corrected chi connectivity index (χ0v) is 8.28. The minimum atomic E-state index is 0.145. The molecule has 0 atom stereocenters. The minimum Gasteiger partial charge on any atom is -0.512 e. The van der Waals surface area contributed by atoms with E-state index in [-0.39, 0.29) is 5.76 Å². The second kappa shape index (κ2) is 3.95. The summed E-state index contributed by atoms with van der Waals surface area (Å²) in [6.07, 6.45) is 3.19. The lowest BCUT2D eigenvalue weighted by Crippen LogP contribution is -2.09. The van der Waals surface area contributed by atoms with Gasteiger partial charge in [0.2, 0.25) is 0 Å². The van der Waals surface area contributed by atoms with Crippen molar-refractivity contribution in [2.45, 2.75) is 20.4 Å². The van der Waals surface area contributed by atoms with Gasteiger partial charge >= 0.3 is 0 Å². The molecule has 5 nitrogen and oxygen atoms in total. The van der Waals surface area contributed by atoms with Crippen LogP contribution in [0.2, 0.25) is 0 Å². The molecule has 0 fully saturated rings. The molecule has 1 rings (SSSR count). The van der Waals surface area contributed by atoms with E-state index in [2.05, 4.69) is 5.10 Å². The Bertz CT molecular complexity index is 374. The number of nitrogens with zero attached hydrogens (tertiary/aromatic N) is 2. The number of anilines is 1. The van der Waals surface area contributed by atoms with Crippen LogP contribution in [-0.2, 0) is 6.54 Å². The van der Waals surface area contributed by atoms with Crippen molar-refractivity contribution in [3.05, 3.63) is 23.7 Å². The van der Waals surface area contributed by atoms with Crippen LogP contribution in [0.15, 0.2) is 23.7 Å². The largest absolute Gasteiger partial charge is 0.512 e. The van der Waals surface area contributed by atoms with E-state index in [1.807, 2.05) is 0 Å². The molecule has 76 valence electrons. The van der Waals surface area contributed by atoms with E-state index in [9.17, 15) is 5.11 Å². The predicted octanol–water partition coefficient (Wildman–Crippen LogP) is 1.34. The maximum Gasteiger partial charge on any atom is 0.0960 e. The van der Waals surface area contributed by atoms with Crippen LogP contribution < -0.4 is 5.73 Å². The SMILES string of the molecule is CC(=N)/C(Cn1cc(N)cn1)=C(/C)O. The average Bonchev–Trinajstić information content (AvgIpc) is 2.46. The van der Waals surface area contributed by atoms with Gasteiger partial charge in [-0.15, -0.1) is 0 Å². The van der Waals surface area contributed by atoms with Crippen LogP contribution in [0.3, 0.4) is 0 Å². The molecule has 1 aromatic heterocycles. The molecule has 4 N–H and O–H groups in total. The van der Waals surface area contributed by atoms with Crippen molar-refractivity contribution in [2.24, 2.45) is 0 Å². The van der Waals surface area contributed by atoms with Gasteiger partial charge < -0.3 is 16.2 Å². The third-order valence-corrected chi connectivity index (χ3v) is 1.86. The van der Waals surface area contributed by atoms with Crippen molar-refractivity contribution in [3.8, 4) is 0 Å². The van der Waals surface area contributed by atoms with Gasteiger partial charge in [-0.3, -0.25) is 4.68 Å². The van der Waals surface area contributed by atoms with Crippen LogP contribution in [0.5, 0.6) is 0 Å². The highest BCUT2D eigenvalue weighted by Crippen LogP contribution is 2.07. The summed E-state index contributed by atoms with van der Waals surface area (Å²) >= 11 is 0. The molecule has 0 aliphatic rings. The van der Waals surface area contributed by atoms with E-state index in [1.54, 1.807) is 24.7 Å². The summed E-state index contributed by atoms with van der Waals surface area (Å²) in [6.45, 7) is 3.55. The van der Waals surface area contributed by atoms with E-state index in [1.165, 1.54) is 6.20 Å². The van der Waals surface area contributed by atoms with Crippen LogP contribution in [0, 0.1) is 5.41 Å². The third kappa shape index (κ3) is 2.35. The van der Waals surface area contributed by atoms with Gasteiger partial charge in [0.1, 0.15) is 0 Å². The van der Waals surface area contributed by atoms with Crippen molar-refractivity contribution >= 4 is 11.4 Å². The number of allylic oxidation sites excluding steroid dienone is 2. The quantitative estimate of drug-likeness (QED) is 0.501. The lowest BCUT2D eigenvalue weighted by atomic mass is 10.1. The zero-order chi connectivity index (χ0) is 10.7. The first-order chi connectivity index (χ1) is 6.50. The van der Waals surface area contributed by atoms with Crippen molar-refractivity contribution in [2.75, 3.05) is 5.73 Å². The van der Waals surface area contributed by atoms with Gasteiger partial charge in [0.25, 0.3) is 0 Å². The zero-order valence-electron chi connectivity index (χ0n) is 8.28. The smallest absolute Gasteiger partial charge is 0.0960 e. The molecule has 0 radical (unpaired) electrons. The molecule has 1 aromatic rings. The second-order valence-corrected chi connectivity index (χ2v) is 3.16. The first kappa shape index (κ1) is 10.3. The number of nitrogen functional groups attached to an aromatic ring is 1. The Morgan fingerprint density at radius 1 is 1.64 bits per heavy atom. The van der Waals surface area contributed by atoms with Crippen molar-refractivity contribution in [1.29, 1.82) is 5.41 Å². The minimum absolute atomic E-state index is 0.145. The molecule has 0 bridgehead atoms. The highest BCUT2D eigenvalue weighted by atomic mass is 16.3. The van der Waals surface area contributed by atoms with Crippen LogP contribution in [0.4, 0.5) is 5.69 Å². The Labute approximate surface area is 82.4 Å². The fourth-order valence-electron chi connectivity index (χ4n) is 1.13. The van der Waals surface area contributed by atoms with Gasteiger partial charge in [-0.2, -0.15) is 5.10 Å². The summed E-state index contributed by atoms with van der Waals surface area (Å²) in [5, 5.41) is 20.7. The summed E-state index contributed by atoms with van der Waals surface area (Å²) in [7, 11) is 0. The van der Waals surface area contributed by atoms with E-state index in [0.29, 0.717) is 23.5 Å². The molecule has 5 heteroatoms. The molecule has 0 saturated carbocycles. The lowest BCUT2D eigenvalue weighted by molar-refractivity contribution is 0.405. The summed E-state index contributed by atoms with van der Waals surface area (Å²) in [5.41, 5.74) is 6.96. The fourth-order valence-corrected chi connectivity index (χ4v) is 1.13. The molecular formula is C9H14N4O. The van der Waals surface area contributed by atoms with E-state index in [4.69, 9.17) is 11.1 Å². The summed E-state index contributed by atoms with van der Waals surface area (Å²) in [5.74, 6) is 0.145. The number of hydrogen-bond donors (Lipinski definition) is 3. The van der Waals surface area contributed by atoms with E-state index in [0.717, 1.165) is 0 Å². The monoisotopic (exact) mass is 194 g/mol. The number of hydrogen-bond acceptors (Lipinski definition) is 4. The van der Waals surface area contributed by atoms with Gasteiger partial charge in [-0.25, -0.2) is 0 Å². The standard InChI is InChI=1S/C9H14N4O/c1-6(10)9(7(2)14)5-13-4-8(11)3-12-13/h3-4,10,14H,5,11H2,1-2H3/b9-7-,10-6?. The van der Waals surface area contributed by atoms with Crippen LogP contribution in [0.25, 0.3) is 0 Å². The molecule has 0 saturated heterocycles. The molecule has 0 aliphatic heterocycles. The number of aliphatic hydroxyl groups is 1. The van der Waals surface area contributed by atoms with Gasteiger partial charge in [0, 0.05) is 17.5 Å². The van der Waals surface area contributed by atoms with Gasteiger partial charge in [0.15, 0.2) is 0 Å². The van der Waals surface area contributed by atoms with Gasteiger partial charge in [-0.05, 0) is 13.8 Å². The maximum absolute atomic E-state index is 9.32. The number of aliphatic hydroxyl groups excluding tert-OH is 1. The van der Waals surface area contributed by atoms with E-state index >= 15 is 0 Å². The van der Waals surface area contributed by atoms with E-state index < -0.39 is 0 Å². The number of nitrogens with two attached hydrogens (primary N) is 1. The molecule has 0 unspecified atom stereocenters. The second-order valence-electron chi connectivity index (χ2n) is 3.16. The molecule has 14 heavy (non-hydrogen) atoms. The Kier molecular flexibility index (Phi) is 2.91. The van der Waals surface area contributed by atoms with Crippen molar-refractivity contribution in [3.63, 3.8) is 0 Å². The normalized spacial score (nSPS) is 12.4. The molecule has 0 aromatic carbocycles. The Morgan fingerprint density at radius 2 is 2.29 bits per heavy atom. The lowest BCUT2D eigenvalue weighted by Gasteiger charge is -2.06. The third-order valence-electron chi connectivity index (χ3n) is 1.86. The molecule has 1 heterocycles. The first-order valence-corrected chi connectivity index (χ1v) is 4.23. The highest BCUT2D eigenvalue weighted by molar-refractivity contribution is 5.95. The molecule has 0 aliphatic carbocycles. The maximum atomic E-state index is 9.32. The Hall–Kier alpha value is -1.78.